The van der Waals surface area contributed by atoms with Crippen LogP contribution in [-0.4, -0.2) is 24.3 Å². The van der Waals surface area contributed by atoms with E-state index in [1.165, 1.54) is 12.8 Å². The van der Waals surface area contributed by atoms with Gasteiger partial charge in [0.05, 0.1) is 17.3 Å². The average molecular weight is 309 g/mol. The highest BCUT2D eigenvalue weighted by Gasteiger charge is 2.23. The van der Waals surface area contributed by atoms with Crippen molar-refractivity contribution in [1.82, 2.24) is 0 Å². The lowest BCUT2D eigenvalue weighted by Crippen LogP contribution is -2.40. The molecule has 96 valence electrons. The van der Waals surface area contributed by atoms with Crippen molar-refractivity contribution in [2.45, 2.75) is 31.7 Å². The van der Waals surface area contributed by atoms with Gasteiger partial charge in [-0.05, 0) is 59.8 Å². The average Bonchev–Trinajstić information content (AvgIpc) is 2.40. The van der Waals surface area contributed by atoms with Gasteiger partial charge in [-0.15, -0.1) is 0 Å². The van der Waals surface area contributed by atoms with Crippen molar-refractivity contribution in [2.24, 2.45) is 0 Å². The van der Waals surface area contributed by atoms with Crippen LogP contribution in [0, 0.1) is 11.3 Å². The predicted octanol–water partition coefficient (Wildman–Crippen LogP) is 3.06. The maximum absolute atomic E-state index is 9.15. The van der Waals surface area contributed by atoms with Gasteiger partial charge in [0, 0.05) is 23.7 Å². The number of anilines is 1. The van der Waals surface area contributed by atoms with Crippen molar-refractivity contribution in [1.29, 1.82) is 5.26 Å². The van der Waals surface area contributed by atoms with Gasteiger partial charge in [-0.2, -0.15) is 5.26 Å². The number of nitriles is 1. The first-order chi connectivity index (χ1) is 8.76. The summed E-state index contributed by atoms with van der Waals surface area (Å²) >= 11 is 3.55. The number of rotatable bonds is 3. The molecule has 1 atom stereocenters. The fourth-order valence-electron chi connectivity index (χ4n) is 2.58. The number of hydrogen-bond acceptors (Lipinski definition) is 3. The van der Waals surface area contributed by atoms with E-state index in [4.69, 9.17) is 10.4 Å². The standard InChI is InChI=1S/C14H17BrN2O/c15-13-9-11(10-16)4-5-14(13)17-7-2-1-3-12(17)6-8-18/h4-5,9,12,18H,1-3,6-8H2. The highest BCUT2D eigenvalue weighted by atomic mass is 79.9. The molecule has 0 amide bonds. The van der Waals surface area contributed by atoms with Gasteiger partial charge < -0.3 is 10.0 Å². The second-order valence-electron chi connectivity index (χ2n) is 4.63. The van der Waals surface area contributed by atoms with E-state index in [0.29, 0.717) is 11.6 Å². The summed E-state index contributed by atoms with van der Waals surface area (Å²) in [5, 5.41) is 18.0. The Bertz CT molecular complexity index is 454. The van der Waals surface area contributed by atoms with Crippen LogP contribution < -0.4 is 4.90 Å². The van der Waals surface area contributed by atoms with Gasteiger partial charge in [-0.25, -0.2) is 0 Å². The van der Waals surface area contributed by atoms with Gasteiger partial charge in [-0.1, -0.05) is 0 Å². The van der Waals surface area contributed by atoms with Crippen molar-refractivity contribution < 1.29 is 5.11 Å². The molecule has 1 N–H and O–H groups in total. The fraction of sp³-hybridized carbons (Fsp3) is 0.500. The predicted molar refractivity (Wildman–Crippen MR) is 75.5 cm³/mol. The Labute approximate surface area is 116 Å². The number of aliphatic hydroxyl groups excluding tert-OH is 1. The lowest BCUT2D eigenvalue weighted by atomic mass is 9.98. The zero-order chi connectivity index (χ0) is 13.0. The van der Waals surface area contributed by atoms with Crippen molar-refractivity contribution >= 4 is 21.6 Å². The zero-order valence-electron chi connectivity index (χ0n) is 10.3. The molecule has 4 heteroatoms. The van der Waals surface area contributed by atoms with E-state index in [1.54, 1.807) is 0 Å². The second kappa shape index (κ2) is 6.21. The maximum Gasteiger partial charge on any atom is 0.0992 e. The topological polar surface area (TPSA) is 47.3 Å². The smallest absolute Gasteiger partial charge is 0.0992 e. The molecule has 2 rings (SSSR count). The Morgan fingerprint density at radius 3 is 2.94 bits per heavy atom. The number of benzene rings is 1. The molecule has 0 aliphatic carbocycles. The summed E-state index contributed by atoms with van der Waals surface area (Å²) in [6.07, 6.45) is 4.36. The molecular formula is C14H17BrN2O. The minimum Gasteiger partial charge on any atom is -0.396 e. The third-order valence-electron chi connectivity index (χ3n) is 3.48. The van der Waals surface area contributed by atoms with E-state index in [2.05, 4.69) is 26.9 Å². The molecule has 1 aromatic rings. The van der Waals surface area contributed by atoms with Crippen LogP contribution in [0.25, 0.3) is 0 Å². The summed E-state index contributed by atoms with van der Waals surface area (Å²) in [6.45, 7) is 1.25. The molecule has 1 unspecified atom stereocenters. The van der Waals surface area contributed by atoms with E-state index in [-0.39, 0.29) is 6.61 Å². The number of piperidine rings is 1. The van der Waals surface area contributed by atoms with E-state index in [9.17, 15) is 0 Å². The van der Waals surface area contributed by atoms with Crippen LogP contribution in [0.5, 0.6) is 0 Å². The van der Waals surface area contributed by atoms with Gasteiger partial charge in [0.15, 0.2) is 0 Å². The van der Waals surface area contributed by atoms with Crippen molar-refractivity contribution in [3.63, 3.8) is 0 Å². The Kier molecular flexibility index (Phi) is 4.62. The van der Waals surface area contributed by atoms with Crippen LogP contribution >= 0.6 is 15.9 Å². The number of halogens is 1. The van der Waals surface area contributed by atoms with E-state index in [1.807, 2.05) is 18.2 Å². The van der Waals surface area contributed by atoms with Gasteiger partial charge in [0.25, 0.3) is 0 Å². The Morgan fingerprint density at radius 1 is 1.44 bits per heavy atom. The van der Waals surface area contributed by atoms with E-state index >= 15 is 0 Å². The van der Waals surface area contributed by atoms with Crippen molar-refractivity contribution in [2.75, 3.05) is 18.1 Å². The Balaban J connectivity index is 2.25. The highest BCUT2D eigenvalue weighted by molar-refractivity contribution is 9.10. The van der Waals surface area contributed by atoms with E-state index in [0.717, 1.165) is 29.5 Å². The lowest BCUT2D eigenvalue weighted by molar-refractivity contribution is 0.262. The maximum atomic E-state index is 9.15. The fourth-order valence-corrected chi connectivity index (χ4v) is 3.18. The van der Waals surface area contributed by atoms with Crippen LogP contribution in [0.4, 0.5) is 5.69 Å². The normalized spacial score (nSPS) is 19.6. The summed E-state index contributed by atoms with van der Waals surface area (Å²) < 4.78 is 0.964. The van der Waals surface area contributed by atoms with E-state index < -0.39 is 0 Å². The van der Waals surface area contributed by atoms with Crippen molar-refractivity contribution in [3.05, 3.63) is 28.2 Å². The third kappa shape index (κ3) is 2.85. The molecule has 18 heavy (non-hydrogen) atoms. The summed E-state index contributed by atoms with van der Waals surface area (Å²) in [5.74, 6) is 0. The molecular weight excluding hydrogens is 292 g/mol. The lowest BCUT2D eigenvalue weighted by Gasteiger charge is -2.38. The first-order valence-corrected chi connectivity index (χ1v) is 7.12. The summed E-state index contributed by atoms with van der Waals surface area (Å²) in [6, 6.07) is 8.27. The van der Waals surface area contributed by atoms with Crippen LogP contribution in [-0.2, 0) is 0 Å². The van der Waals surface area contributed by atoms with Gasteiger partial charge in [0.2, 0.25) is 0 Å². The van der Waals surface area contributed by atoms with Gasteiger partial charge in [0.1, 0.15) is 0 Å². The molecule has 0 radical (unpaired) electrons. The molecule has 1 aliphatic rings. The summed E-state index contributed by atoms with van der Waals surface area (Å²) in [4.78, 5) is 2.35. The second-order valence-corrected chi connectivity index (χ2v) is 5.49. The van der Waals surface area contributed by atoms with Crippen LogP contribution in [0.3, 0.4) is 0 Å². The minimum absolute atomic E-state index is 0.231. The van der Waals surface area contributed by atoms with Gasteiger partial charge in [-0.3, -0.25) is 0 Å². The summed E-state index contributed by atoms with van der Waals surface area (Å²) in [5.41, 5.74) is 1.80. The molecule has 0 saturated carbocycles. The molecule has 1 aromatic carbocycles. The van der Waals surface area contributed by atoms with Crippen LogP contribution in [0.2, 0.25) is 0 Å². The molecule has 1 heterocycles. The van der Waals surface area contributed by atoms with Crippen LogP contribution in [0.1, 0.15) is 31.2 Å². The Morgan fingerprint density at radius 2 is 2.28 bits per heavy atom. The highest BCUT2D eigenvalue weighted by Crippen LogP contribution is 2.33. The van der Waals surface area contributed by atoms with Gasteiger partial charge >= 0.3 is 0 Å². The number of hydrogen-bond donors (Lipinski definition) is 1. The molecule has 0 aromatic heterocycles. The van der Waals surface area contributed by atoms with Crippen molar-refractivity contribution in [3.8, 4) is 6.07 Å². The van der Waals surface area contributed by atoms with Crippen LogP contribution in [0.15, 0.2) is 22.7 Å². The SMILES string of the molecule is N#Cc1ccc(N2CCCCC2CCO)c(Br)c1. The molecule has 0 bridgehead atoms. The molecule has 0 spiro atoms. The quantitative estimate of drug-likeness (QED) is 0.933. The monoisotopic (exact) mass is 308 g/mol. The number of aliphatic hydroxyl groups is 1. The minimum atomic E-state index is 0.231. The third-order valence-corrected chi connectivity index (χ3v) is 4.11. The first-order valence-electron chi connectivity index (χ1n) is 6.33. The molecule has 3 nitrogen and oxygen atoms in total. The first kappa shape index (κ1) is 13.4. The Hall–Kier alpha value is -1.05. The molecule has 1 aliphatic heterocycles. The summed E-state index contributed by atoms with van der Waals surface area (Å²) in [7, 11) is 0. The molecule has 1 fully saturated rings. The molecule has 1 saturated heterocycles. The zero-order valence-corrected chi connectivity index (χ0v) is 11.9. The largest absolute Gasteiger partial charge is 0.396 e. The number of nitrogens with zero attached hydrogens (tertiary/aromatic N) is 2.